The van der Waals surface area contributed by atoms with Gasteiger partial charge in [-0.3, -0.25) is 9.52 Å². The van der Waals surface area contributed by atoms with Crippen LogP contribution >= 0.6 is 0 Å². The molecule has 0 fully saturated rings. The van der Waals surface area contributed by atoms with Crippen molar-refractivity contribution >= 4 is 21.6 Å². The number of benzene rings is 3. The van der Waals surface area contributed by atoms with Crippen LogP contribution in [0.5, 0.6) is 5.75 Å². The van der Waals surface area contributed by atoms with Gasteiger partial charge in [0.25, 0.3) is 15.9 Å². The minimum absolute atomic E-state index is 0.0973. The molecule has 162 valence electrons. The second kappa shape index (κ2) is 9.66. The topological polar surface area (TPSA) is 84.5 Å². The van der Waals surface area contributed by atoms with Crippen LogP contribution < -0.4 is 14.8 Å². The van der Waals surface area contributed by atoms with Crippen LogP contribution in [0.3, 0.4) is 0 Å². The monoisotopic (exact) mass is 438 g/mol. The van der Waals surface area contributed by atoms with E-state index in [4.69, 9.17) is 4.74 Å². The minimum Gasteiger partial charge on any atom is -0.491 e. The lowest BCUT2D eigenvalue weighted by atomic mass is 10.1. The van der Waals surface area contributed by atoms with Crippen LogP contribution in [0.15, 0.2) is 77.7 Å². The van der Waals surface area contributed by atoms with Gasteiger partial charge in [0, 0.05) is 12.1 Å². The number of ether oxygens (including phenoxy) is 1. The van der Waals surface area contributed by atoms with Crippen LogP contribution in [0.4, 0.5) is 5.69 Å². The van der Waals surface area contributed by atoms with Gasteiger partial charge in [-0.2, -0.15) is 0 Å². The lowest BCUT2D eigenvalue weighted by Crippen LogP contribution is -2.24. The Morgan fingerprint density at radius 2 is 1.61 bits per heavy atom. The third kappa shape index (κ3) is 5.86. The fraction of sp³-hybridized carbons (Fsp3) is 0.208. The van der Waals surface area contributed by atoms with Crippen molar-refractivity contribution in [2.45, 2.75) is 38.3 Å². The fourth-order valence-electron chi connectivity index (χ4n) is 3.03. The van der Waals surface area contributed by atoms with E-state index in [0.717, 1.165) is 11.3 Å². The van der Waals surface area contributed by atoms with Crippen LogP contribution in [0, 0.1) is 6.92 Å². The molecule has 3 aromatic rings. The summed E-state index contributed by atoms with van der Waals surface area (Å²) in [6.45, 7) is 5.99. The summed E-state index contributed by atoms with van der Waals surface area (Å²) < 4.78 is 33.4. The Labute approximate surface area is 183 Å². The fourth-order valence-corrected chi connectivity index (χ4v) is 4.18. The lowest BCUT2D eigenvalue weighted by molar-refractivity contribution is 0.0950. The van der Waals surface area contributed by atoms with Gasteiger partial charge >= 0.3 is 0 Å². The molecule has 0 unspecified atom stereocenters. The third-order valence-electron chi connectivity index (χ3n) is 4.62. The molecule has 0 saturated carbocycles. The first-order valence-corrected chi connectivity index (χ1v) is 11.5. The summed E-state index contributed by atoms with van der Waals surface area (Å²) in [6, 6.07) is 20.6. The number of anilines is 1. The SMILES string of the molecule is Cc1c(NS(=O)(=O)c2ccccc2)cccc1C(=O)NCc1ccc(OC(C)C)cc1. The molecule has 6 nitrogen and oxygen atoms in total. The average Bonchev–Trinajstić information content (AvgIpc) is 2.74. The van der Waals surface area contributed by atoms with E-state index in [1.54, 1.807) is 43.3 Å². The summed E-state index contributed by atoms with van der Waals surface area (Å²) in [5, 5.41) is 2.88. The molecule has 0 bridgehead atoms. The Bertz CT molecular complexity index is 1140. The molecule has 0 radical (unpaired) electrons. The zero-order valence-electron chi connectivity index (χ0n) is 17.8. The van der Waals surface area contributed by atoms with Gasteiger partial charge in [0.15, 0.2) is 0 Å². The van der Waals surface area contributed by atoms with Gasteiger partial charge in [-0.25, -0.2) is 8.42 Å². The van der Waals surface area contributed by atoms with Crippen molar-refractivity contribution in [2.24, 2.45) is 0 Å². The van der Waals surface area contributed by atoms with Gasteiger partial charge in [0.05, 0.1) is 16.7 Å². The highest BCUT2D eigenvalue weighted by atomic mass is 32.2. The van der Waals surface area contributed by atoms with E-state index in [-0.39, 0.29) is 16.9 Å². The summed E-state index contributed by atoms with van der Waals surface area (Å²) in [6.07, 6.45) is 0.0973. The molecule has 0 atom stereocenters. The molecular weight excluding hydrogens is 412 g/mol. The molecule has 0 spiro atoms. The smallest absolute Gasteiger partial charge is 0.261 e. The van der Waals surface area contributed by atoms with E-state index >= 15 is 0 Å². The molecule has 3 rings (SSSR count). The Hall–Kier alpha value is -3.32. The normalized spacial score (nSPS) is 11.2. The van der Waals surface area contributed by atoms with Gasteiger partial charge in [-0.1, -0.05) is 36.4 Å². The molecule has 0 aliphatic carbocycles. The zero-order chi connectivity index (χ0) is 22.4. The van der Waals surface area contributed by atoms with Crippen molar-refractivity contribution in [1.29, 1.82) is 0 Å². The number of carbonyl (C=O) groups excluding carboxylic acids is 1. The minimum atomic E-state index is -3.74. The summed E-state index contributed by atoms with van der Waals surface area (Å²) in [7, 11) is -3.74. The number of nitrogens with one attached hydrogen (secondary N) is 2. The van der Waals surface area contributed by atoms with E-state index in [9.17, 15) is 13.2 Å². The Morgan fingerprint density at radius 1 is 0.935 bits per heavy atom. The predicted molar refractivity (Wildman–Crippen MR) is 122 cm³/mol. The molecule has 31 heavy (non-hydrogen) atoms. The molecule has 0 aliphatic rings. The highest BCUT2D eigenvalue weighted by Gasteiger charge is 2.17. The Morgan fingerprint density at radius 3 is 2.26 bits per heavy atom. The number of sulfonamides is 1. The molecule has 0 aliphatic heterocycles. The van der Waals surface area contributed by atoms with Gasteiger partial charge < -0.3 is 10.1 Å². The van der Waals surface area contributed by atoms with Crippen LogP contribution in [0.1, 0.15) is 35.3 Å². The van der Waals surface area contributed by atoms with Crippen LogP contribution in [-0.4, -0.2) is 20.4 Å². The Balaban J connectivity index is 1.70. The van der Waals surface area contributed by atoms with E-state index in [1.165, 1.54) is 12.1 Å². The van der Waals surface area contributed by atoms with Crippen LogP contribution in [0.25, 0.3) is 0 Å². The molecule has 3 aromatic carbocycles. The number of hydrogen-bond acceptors (Lipinski definition) is 4. The van der Waals surface area contributed by atoms with Gasteiger partial charge in [-0.15, -0.1) is 0 Å². The van der Waals surface area contributed by atoms with Gasteiger partial charge in [0.2, 0.25) is 0 Å². The third-order valence-corrected chi connectivity index (χ3v) is 6.01. The van der Waals surface area contributed by atoms with Crippen molar-refractivity contribution in [2.75, 3.05) is 4.72 Å². The Kier molecular flexibility index (Phi) is 6.97. The van der Waals surface area contributed by atoms with Crippen molar-refractivity contribution in [3.05, 3.63) is 89.5 Å². The van der Waals surface area contributed by atoms with Gasteiger partial charge in [0.1, 0.15) is 5.75 Å². The number of carbonyl (C=O) groups is 1. The van der Waals surface area contributed by atoms with Gasteiger partial charge in [-0.05, 0) is 68.3 Å². The molecule has 2 N–H and O–H groups in total. The molecule has 0 heterocycles. The van der Waals surface area contributed by atoms with E-state index in [0.29, 0.717) is 23.4 Å². The zero-order valence-corrected chi connectivity index (χ0v) is 18.6. The summed E-state index contributed by atoms with van der Waals surface area (Å²) in [5.41, 5.74) is 2.27. The molecule has 1 amide bonds. The number of amides is 1. The first kappa shape index (κ1) is 22.4. The largest absolute Gasteiger partial charge is 0.491 e. The van der Waals surface area contributed by atoms with E-state index in [2.05, 4.69) is 10.0 Å². The predicted octanol–water partition coefficient (Wildman–Crippen LogP) is 4.51. The second-order valence-electron chi connectivity index (χ2n) is 7.39. The average molecular weight is 439 g/mol. The summed E-state index contributed by atoms with van der Waals surface area (Å²) in [4.78, 5) is 12.9. The second-order valence-corrected chi connectivity index (χ2v) is 9.07. The first-order valence-electron chi connectivity index (χ1n) is 9.97. The van der Waals surface area contributed by atoms with Crippen molar-refractivity contribution in [3.63, 3.8) is 0 Å². The van der Waals surface area contributed by atoms with E-state index < -0.39 is 10.0 Å². The maximum atomic E-state index is 12.7. The summed E-state index contributed by atoms with van der Waals surface area (Å²) >= 11 is 0. The van der Waals surface area contributed by atoms with Crippen molar-refractivity contribution in [1.82, 2.24) is 5.32 Å². The molecule has 7 heteroatoms. The summed E-state index contributed by atoms with van der Waals surface area (Å²) in [5.74, 6) is 0.500. The molecular formula is C24H26N2O4S. The van der Waals surface area contributed by atoms with E-state index in [1.807, 2.05) is 38.1 Å². The van der Waals surface area contributed by atoms with Crippen LogP contribution in [0.2, 0.25) is 0 Å². The maximum absolute atomic E-state index is 12.7. The highest BCUT2D eigenvalue weighted by molar-refractivity contribution is 7.92. The molecule has 0 aromatic heterocycles. The van der Waals surface area contributed by atoms with Crippen molar-refractivity contribution < 1.29 is 17.9 Å². The lowest BCUT2D eigenvalue weighted by Gasteiger charge is -2.14. The maximum Gasteiger partial charge on any atom is 0.261 e. The van der Waals surface area contributed by atoms with Crippen molar-refractivity contribution in [3.8, 4) is 5.75 Å². The standard InChI is InChI=1S/C24H26N2O4S/c1-17(2)30-20-14-12-19(13-15-20)16-25-24(27)22-10-7-11-23(18(22)3)26-31(28,29)21-8-5-4-6-9-21/h4-15,17,26H,16H2,1-3H3,(H,25,27). The number of hydrogen-bond donors (Lipinski definition) is 2. The highest BCUT2D eigenvalue weighted by Crippen LogP contribution is 2.23. The molecule has 0 saturated heterocycles. The first-order chi connectivity index (χ1) is 14.8. The van der Waals surface area contributed by atoms with Crippen LogP contribution in [-0.2, 0) is 16.6 Å². The quantitative estimate of drug-likeness (QED) is 0.542. The number of rotatable bonds is 8.